The number of hydrogen-bond donors (Lipinski definition) is 2. The van der Waals surface area contributed by atoms with Crippen LogP contribution in [-0.4, -0.2) is 27.8 Å². The highest BCUT2D eigenvalue weighted by molar-refractivity contribution is 5.25. The van der Waals surface area contributed by atoms with E-state index in [0.29, 0.717) is 30.1 Å². The molecule has 4 aliphatic carbocycles. The van der Waals surface area contributed by atoms with E-state index in [4.69, 9.17) is 0 Å². The summed E-state index contributed by atoms with van der Waals surface area (Å²) in [5, 5.41) is 20.3. The van der Waals surface area contributed by atoms with E-state index in [2.05, 4.69) is 19.9 Å². The molecule has 0 aliphatic heterocycles. The lowest BCUT2D eigenvalue weighted by Gasteiger charge is -2.58. The summed E-state index contributed by atoms with van der Waals surface area (Å²) in [6, 6.07) is 0. The summed E-state index contributed by atoms with van der Waals surface area (Å²) in [4.78, 5) is 0. The van der Waals surface area contributed by atoms with Gasteiger partial charge in [-0.1, -0.05) is 32.4 Å². The lowest BCUT2D eigenvalue weighted by Crippen LogP contribution is -2.50. The first-order chi connectivity index (χ1) is 13.9. The number of hydrogen-bond acceptors (Lipinski definition) is 2. The predicted molar refractivity (Wildman–Crippen MR) is 116 cm³/mol. The number of aliphatic hydroxyl groups is 2. The Labute approximate surface area is 181 Å². The molecule has 0 amide bonds. The zero-order valence-corrected chi connectivity index (χ0v) is 19.4. The van der Waals surface area contributed by atoms with E-state index in [1.165, 1.54) is 25.3 Å². The Bertz CT molecular complexity index is 687. The van der Waals surface area contributed by atoms with Gasteiger partial charge in [-0.2, -0.15) is 0 Å². The Kier molecular flexibility index (Phi) is 5.71. The van der Waals surface area contributed by atoms with Crippen LogP contribution in [0.15, 0.2) is 11.6 Å². The largest absolute Gasteiger partial charge is 0.393 e. The summed E-state index contributed by atoms with van der Waals surface area (Å²) < 4.78 is 29.3. The number of halogens is 2. The van der Waals surface area contributed by atoms with Crippen molar-refractivity contribution in [1.29, 1.82) is 0 Å². The summed E-state index contributed by atoms with van der Waals surface area (Å²) >= 11 is 0. The fourth-order valence-electron chi connectivity index (χ4n) is 8.11. The van der Waals surface area contributed by atoms with Crippen molar-refractivity contribution < 1.29 is 19.0 Å². The van der Waals surface area contributed by atoms with Crippen LogP contribution in [0.4, 0.5) is 8.78 Å². The topological polar surface area (TPSA) is 40.5 Å². The highest BCUT2D eigenvalue weighted by atomic mass is 19.3. The lowest BCUT2D eigenvalue weighted by atomic mass is 9.47. The molecule has 0 aromatic rings. The van der Waals surface area contributed by atoms with Crippen molar-refractivity contribution in [3.05, 3.63) is 11.6 Å². The van der Waals surface area contributed by atoms with Crippen LogP contribution >= 0.6 is 0 Å². The molecule has 8 atom stereocenters. The summed E-state index contributed by atoms with van der Waals surface area (Å²) in [6.45, 7) is 7.74. The molecule has 172 valence electrons. The van der Waals surface area contributed by atoms with E-state index in [1.807, 2.05) is 0 Å². The van der Waals surface area contributed by atoms with Gasteiger partial charge in [0, 0.05) is 6.42 Å². The third-order valence-corrected chi connectivity index (χ3v) is 10.6. The van der Waals surface area contributed by atoms with E-state index in [1.54, 1.807) is 6.92 Å². The van der Waals surface area contributed by atoms with Gasteiger partial charge in [0.2, 0.25) is 0 Å². The maximum Gasteiger partial charge on any atom is 0.275 e. The zero-order chi connectivity index (χ0) is 21.9. The maximum absolute atomic E-state index is 14.7. The van der Waals surface area contributed by atoms with Crippen molar-refractivity contribution in [3.8, 4) is 0 Å². The molecule has 0 aromatic heterocycles. The Morgan fingerprint density at radius 3 is 2.53 bits per heavy atom. The summed E-state index contributed by atoms with van der Waals surface area (Å²) in [5.74, 6) is -0.704. The van der Waals surface area contributed by atoms with Crippen LogP contribution in [0.1, 0.15) is 98.3 Å². The number of aliphatic hydroxyl groups excluding tert-OH is 1. The standard InChI is InChI=1S/C26H42F2O2/c1-5-25(4,30)26(27,28)15-10-17-7-9-21-20-8-6-18-16-19(29)11-13-24(18,3)22(20)12-14-23(17,21)2/h6,17,19-22,29-30H,5,7-16H2,1-4H3/t17-,19+,20+,21+,22?,23-,24+,25?/m1/s1. The second kappa shape index (κ2) is 7.54. The molecular formula is C26H42F2O2. The molecule has 3 fully saturated rings. The van der Waals surface area contributed by atoms with Gasteiger partial charge in [-0.3, -0.25) is 0 Å². The molecule has 2 unspecified atom stereocenters. The molecule has 4 aliphatic rings. The number of alkyl halides is 2. The summed E-state index contributed by atoms with van der Waals surface area (Å²) in [5.41, 5.74) is -0.0319. The highest BCUT2D eigenvalue weighted by Gasteiger charge is 2.59. The van der Waals surface area contributed by atoms with Crippen LogP contribution in [0, 0.1) is 34.5 Å². The van der Waals surface area contributed by atoms with E-state index in [-0.39, 0.29) is 29.8 Å². The fraction of sp³-hybridized carbons (Fsp3) is 0.923. The molecule has 4 heteroatoms. The molecule has 0 saturated heterocycles. The van der Waals surface area contributed by atoms with Gasteiger partial charge in [-0.25, -0.2) is 8.78 Å². The molecular weight excluding hydrogens is 382 g/mol. The number of rotatable bonds is 5. The smallest absolute Gasteiger partial charge is 0.275 e. The molecule has 30 heavy (non-hydrogen) atoms. The Morgan fingerprint density at radius 2 is 1.83 bits per heavy atom. The van der Waals surface area contributed by atoms with Crippen LogP contribution < -0.4 is 0 Å². The van der Waals surface area contributed by atoms with Crippen LogP contribution in [0.25, 0.3) is 0 Å². The molecule has 4 rings (SSSR count). The van der Waals surface area contributed by atoms with E-state index >= 15 is 0 Å². The molecule has 0 spiro atoms. The van der Waals surface area contributed by atoms with Crippen molar-refractivity contribution >= 4 is 0 Å². The van der Waals surface area contributed by atoms with E-state index in [0.717, 1.165) is 38.5 Å². The first-order valence-electron chi connectivity index (χ1n) is 12.4. The van der Waals surface area contributed by atoms with E-state index in [9.17, 15) is 19.0 Å². The number of allylic oxidation sites excluding steroid dienone is 1. The third-order valence-electron chi connectivity index (χ3n) is 10.6. The fourth-order valence-corrected chi connectivity index (χ4v) is 8.11. The average molecular weight is 425 g/mol. The second-order valence-electron chi connectivity index (χ2n) is 11.8. The number of fused-ring (bicyclic) bond motifs is 5. The second-order valence-corrected chi connectivity index (χ2v) is 11.8. The molecule has 3 saturated carbocycles. The van der Waals surface area contributed by atoms with Gasteiger partial charge in [0.25, 0.3) is 5.92 Å². The van der Waals surface area contributed by atoms with Crippen molar-refractivity contribution in [2.45, 2.75) is 116 Å². The SMILES string of the molecule is CCC(C)(O)C(F)(F)CC[C@H]1CC[C@H]2[C@@H]3CC=C4C[C@@H](O)CC[C@]4(C)C3CC[C@]12C. The third kappa shape index (κ3) is 3.39. The minimum atomic E-state index is -3.02. The monoisotopic (exact) mass is 424 g/mol. The first-order valence-corrected chi connectivity index (χ1v) is 12.4. The normalized spacial score (nSPS) is 45.7. The van der Waals surface area contributed by atoms with Gasteiger partial charge in [-0.05, 0) is 106 Å². The van der Waals surface area contributed by atoms with Crippen molar-refractivity contribution in [2.75, 3.05) is 0 Å². The quantitative estimate of drug-likeness (QED) is 0.494. The first kappa shape index (κ1) is 22.7. The summed E-state index contributed by atoms with van der Waals surface area (Å²) in [6.07, 6.45) is 11.2. The minimum absolute atomic E-state index is 0.0796. The minimum Gasteiger partial charge on any atom is -0.393 e. The van der Waals surface area contributed by atoms with Gasteiger partial charge in [0.15, 0.2) is 0 Å². The predicted octanol–water partition coefficient (Wildman–Crippen LogP) is 6.50. The molecule has 2 nitrogen and oxygen atoms in total. The molecule has 0 aromatic carbocycles. The Morgan fingerprint density at radius 1 is 1.10 bits per heavy atom. The van der Waals surface area contributed by atoms with Crippen molar-refractivity contribution in [2.24, 2.45) is 34.5 Å². The molecule has 2 N–H and O–H groups in total. The molecule has 0 radical (unpaired) electrons. The van der Waals surface area contributed by atoms with Crippen LogP contribution in [0.2, 0.25) is 0 Å². The molecule has 0 heterocycles. The maximum atomic E-state index is 14.7. The highest BCUT2D eigenvalue weighted by Crippen LogP contribution is 2.67. The Hall–Kier alpha value is -0.480. The lowest BCUT2D eigenvalue weighted by molar-refractivity contribution is -0.180. The van der Waals surface area contributed by atoms with Crippen molar-refractivity contribution in [1.82, 2.24) is 0 Å². The summed E-state index contributed by atoms with van der Waals surface area (Å²) in [7, 11) is 0. The van der Waals surface area contributed by atoms with Gasteiger partial charge >= 0.3 is 0 Å². The van der Waals surface area contributed by atoms with Crippen LogP contribution in [0.5, 0.6) is 0 Å². The average Bonchev–Trinajstić information content (AvgIpc) is 3.03. The van der Waals surface area contributed by atoms with Gasteiger partial charge in [0.05, 0.1) is 6.10 Å². The zero-order valence-electron chi connectivity index (χ0n) is 19.4. The van der Waals surface area contributed by atoms with Crippen molar-refractivity contribution in [3.63, 3.8) is 0 Å². The van der Waals surface area contributed by atoms with Gasteiger partial charge < -0.3 is 10.2 Å². The molecule has 0 bridgehead atoms. The van der Waals surface area contributed by atoms with E-state index < -0.39 is 11.5 Å². The van der Waals surface area contributed by atoms with Gasteiger partial charge in [0.1, 0.15) is 5.60 Å². The Balaban J connectivity index is 1.49. The van der Waals surface area contributed by atoms with Crippen LogP contribution in [0.3, 0.4) is 0 Å². The van der Waals surface area contributed by atoms with Crippen LogP contribution in [-0.2, 0) is 0 Å². The van der Waals surface area contributed by atoms with Gasteiger partial charge in [-0.15, -0.1) is 0 Å².